The number of hydrogen-bond donors (Lipinski definition) is 0. The Balaban J connectivity index is 1.04. The van der Waals surface area contributed by atoms with Crippen molar-refractivity contribution < 1.29 is 0 Å². The van der Waals surface area contributed by atoms with Crippen molar-refractivity contribution >= 4 is 0 Å². The smallest absolute Gasteiger partial charge is 0.0515 e. The Morgan fingerprint density at radius 2 is 1.35 bits per heavy atom. The molecule has 0 radical (unpaired) electrons. The van der Waals surface area contributed by atoms with Gasteiger partial charge < -0.3 is 4.90 Å². The molecule has 11 aliphatic rings. The van der Waals surface area contributed by atoms with Crippen molar-refractivity contribution in [3.8, 4) is 0 Å². The van der Waals surface area contributed by atoms with E-state index in [4.69, 9.17) is 0 Å². The van der Waals surface area contributed by atoms with Gasteiger partial charge in [-0.25, -0.2) is 0 Å². The molecule has 0 aromatic rings. The van der Waals surface area contributed by atoms with Gasteiger partial charge in [-0.15, -0.1) is 0 Å². The molecule has 1 spiro atoms. The molecule has 0 aromatic carbocycles. The molecule has 0 aliphatic heterocycles. The van der Waals surface area contributed by atoms with Gasteiger partial charge in [0, 0.05) is 29.5 Å². The zero-order valence-corrected chi connectivity index (χ0v) is 34.1. The molecular weight excluding hydrogens is 665 g/mol. The Morgan fingerprint density at radius 1 is 0.527 bits per heavy atom. The SMILES string of the molecule is C1=CC(N(C2=CCCCC2)C2=CC3C(CC2)[C@H]2C=CCCC2C32C3CCC=CC3C3C(N(C4CC=CCC4)C4C=CCC5CCC=CC54)CCCC32)CCC1. The second-order valence-electron chi connectivity index (χ2n) is 20.6. The maximum atomic E-state index is 3.29. The summed E-state index contributed by atoms with van der Waals surface area (Å²) >= 11 is 0. The van der Waals surface area contributed by atoms with Crippen LogP contribution < -0.4 is 0 Å². The summed E-state index contributed by atoms with van der Waals surface area (Å²) in [7, 11) is 0. The summed E-state index contributed by atoms with van der Waals surface area (Å²) in [6.45, 7) is 0. The zero-order chi connectivity index (χ0) is 36.3. The number of allylic oxidation sites excluding steroid dienone is 12. The summed E-state index contributed by atoms with van der Waals surface area (Å²) < 4.78 is 0. The van der Waals surface area contributed by atoms with Crippen LogP contribution in [0.2, 0.25) is 0 Å². The Morgan fingerprint density at radius 3 is 2.16 bits per heavy atom. The van der Waals surface area contributed by atoms with E-state index in [1.54, 1.807) is 11.4 Å². The van der Waals surface area contributed by atoms with E-state index in [-0.39, 0.29) is 0 Å². The molecule has 14 unspecified atom stereocenters. The van der Waals surface area contributed by atoms with Gasteiger partial charge in [-0.3, -0.25) is 4.90 Å². The first-order valence-electron chi connectivity index (χ1n) is 24.3. The molecule has 0 saturated heterocycles. The van der Waals surface area contributed by atoms with Gasteiger partial charge in [0.25, 0.3) is 0 Å². The molecule has 0 bridgehead atoms. The molecule has 294 valence electrons. The minimum Gasteiger partial charge on any atom is -0.342 e. The highest BCUT2D eigenvalue weighted by Gasteiger charge is 2.72. The molecule has 55 heavy (non-hydrogen) atoms. The van der Waals surface area contributed by atoms with Gasteiger partial charge in [-0.2, -0.15) is 0 Å². The first-order valence-corrected chi connectivity index (χ1v) is 24.3. The number of rotatable bonds is 6. The molecule has 0 aromatic heterocycles. The summed E-state index contributed by atoms with van der Waals surface area (Å²) in [5, 5.41) is 0. The van der Waals surface area contributed by atoms with Crippen LogP contribution in [0.25, 0.3) is 0 Å². The average Bonchev–Trinajstić information content (AvgIpc) is 3.73. The predicted molar refractivity (Wildman–Crippen MR) is 229 cm³/mol. The van der Waals surface area contributed by atoms with Crippen molar-refractivity contribution in [2.24, 2.45) is 64.6 Å². The van der Waals surface area contributed by atoms with Gasteiger partial charge in [0.05, 0.1) is 6.04 Å². The van der Waals surface area contributed by atoms with Crippen molar-refractivity contribution in [3.05, 3.63) is 96.5 Å². The van der Waals surface area contributed by atoms with Gasteiger partial charge in [-0.1, -0.05) is 91.5 Å². The minimum atomic E-state index is 0.452. The van der Waals surface area contributed by atoms with Crippen LogP contribution in [0.15, 0.2) is 96.5 Å². The highest BCUT2D eigenvalue weighted by molar-refractivity contribution is 5.33. The van der Waals surface area contributed by atoms with E-state index in [1.807, 2.05) is 0 Å². The van der Waals surface area contributed by atoms with E-state index in [1.165, 1.54) is 141 Å². The lowest BCUT2D eigenvalue weighted by Gasteiger charge is -2.55. The summed E-state index contributed by atoms with van der Waals surface area (Å²) in [6.07, 6.45) is 67.4. The van der Waals surface area contributed by atoms with Crippen molar-refractivity contribution in [2.45, 2.75) is 165 Å². The number of hydrogen-bond acceptors (Lipinski definition) is 2. The maximum Gasteiger partial charge on any atom is 0.0515 e. The summed E-state index contributed by atoms with van der Waals surface area (Å²) in [5.41, 5.74) is 3.89. The lowest BCUT2D eigenvalue weighted by molar-refractivity contribution is -0.0441. The van der Waals surface area contributed by atoms with Crippen molar-refractivity contribution in [1.82, 2.24) is 9.80 Å². The van der Waals surface area contributed by atoms with Crippen LogP contribution in [0.1, 0.15) is 141 Å². The van der Waals surface area contributed by atoms with Gasteiger partial charge in [0.2, 0.25) is 0 Å². The van der Waals surface area contributed by atoms with Gasteiger partial charge in [-0.05, 0) is 199 Å². The largest absolute Gasteiger partial charge is 0.342 e. The predicted octanol–water partition coefficient (Wildman–Crippen LogP) is 13.0. The zero-order valence-electron chi connectivity index (χ0n) is 34.1. The van der Waals surface area contributed by atoms with Crippen LogP contribution in [-0.2, 0) is 0 Å². The van der Waals surface area contributed by atoms with Crippen LogP contribution in [0, 0.1) is 64.6 Å². The fraction of sp³-hybridized carbons (Fsp3) is 0.698. The van der Waals surface area contributed by atoms with E-state index >= 15 is 0 Å². The third kappa shape index (κ3) is 5.85. The van der Waals surface area contributed by atoms with Crippen LogP contribution in [0.5, 0.6) is 0 Å². The van der Waals surface area contributed by atoms with E-state index in [9.17, 15) is 0 Å². The Hall–Kier alpha value is -2.32. The van der Waals surface area contributed by atoms with Gasteiger partial charge in [0.15, 0.2) is 0 Å². The Bertz CT molecular complexity index is 1670. The van der Waals surface area contributed by atoms with Gasteiger partial charge in [0.1, 0.15) is 0 Å². The maximum absolute atomic E-state index is 3.29. The first kappa shape index (κ1) is 35.8. The average molecular weight is 737 g/mol. The van der Waals surface area contributed by atoms with Crippen LogP contribution in [0.4, 0.5) is 0 Å². The molecule has 2 heteroatoms. The van der Waals surface area contributed by atoms with E-state index in [0.717, 1.165) is 53.3 Å². The second kappa shape index (κ2) is 15.1. The summed E-state index contributed by atoms with van der Waals surface area (Å²) in [5.74, 6) is 8.09. The highest BCUT2D eigenvalue weighted by Crippen LogP contribution is 2.76. The molecule has 3 fully saturated rings. The van der Waals surface area contributed by atoms with Crippen LogP contribution in [-0.4, -0.2) is 34.0 Å². The summed E-state index contributed by atoms with van der Waals surface area (Å²) in [6, 6.07) is 2.57. The molecular formula is C53H72N2. The fourth-order valence-corrected chi connectivity index (χ4v) is 16.8. The highest BCUT2D eigenvalue weighted by atomic mass is 15.2. The third-order valence-electron chi connectivity index (χ3n) is 18.5. The van der Waals surface area contributed by atoms with Crippen molar-refractivity contribution in [1.29, 1.82) is 0 Å². The molecule has 11 aliphatic carbocycles. The Kier molecular flexibility index (Phi) is 9.85. The molecule has 0 N–H and O–H groups in total. The Labute approximate surface area is 335 Å². The normalized spacial score (nSPS) is 46.8. The van der Waals surface area contributed by atoms with Crippen LogP contribution >= 0.6 is 0 Å². The van der Waals surface area contributed by atoms with Gasteiger partial charge >= 0.3 is 0 Å². The molecule has 15 atom stereocenters. The number of fused-ring (bicyclic) bond motifs is 11. The quantitative estimate of drug-likeness (QED) is 0.251. The standard InChI is InChI=1S/C53H72N2/c1-4-20-38(21-5-1)54(39-22-6-2-7-23-39)41-34-35-44-43-27-12-14-29-46(43)53(49(44)36-41)47-30-15-13-28-45(47)52-48(53)31-17-33-51(52)55(40-24-8-3-9-25-40)50-32-16-19-37-18-10-11-26-42(37)50/h3-4,8,11-13,16,20,22,26-28,32,36-38,40,42-52H,1-2,5-7,9-10,14-15,17-19,21,23-25,29-31,33-35H2/t37?,38?,40?,42?,43-,44?,45?,46?,47?,48?,49?,50?,51?,52?,53?/m1/s1. The van der Waals surface area contributed by atoms with E-state index in [0.29, 0.717) is 35.5 Å². The second-order valence-corrected chi connectivity index (χ2v) is 20.6. The monoisotopic (exact) mass is 737 g/mol. The first-order chi connectivity index (χ1) is 27.3. The molecule has 0 amide bonds. The minimum absolute atomic E-state index is 0.452. The molecule has 0 heterocycles. The summed E-state index contributed by atoms with van der Waals surface area (Å²) in [4.78, 5) is 6.27. The topological polar surface area (TPSA) is 6.48 Å². The molecule has 11 rings (SSSR count). The lowest BCUT2D eigenvalue weighted by Crippen LogP contribution is -2.58. The van der Waals surface area contributed by atoms with Crippen LogP contribution in [0.3, 0.4) is 0 Å². The van der Waals surface area contributed by atoms with Crippen molar-refractivity contribution in [3.63, 3.8) is 0 Å². The van der Waals surface area contributed by atoms with Crippen molar-refractivity contribution in [2.75, 3.05) is 0 Å². The third-order valence-corrected chi connectivity index (χ3v) is 18.5. The fourth-order valence-electron chi connectivity index (χ4n) is 16.8. The number of nitrogens with zero attached hydrogens (tertiary/aromatic N) is 2. The lowest BCUT2D eigenvalue weighted by atomic mass is 9.54. The van der Waals surface area contributed by atoms with E-state index in [2.05, 4.69) is 94.9 Å². The molecule has 2 nitrogen and oxygen atoms in total. The molecule has 3 saturated carbocycles. The van der Waals surface area contributed by atoms with E-state index < -0.39 is 0 Å².